The predicted octanol–water partition coefficient (Wildman–Crippen LogP) is 8.33. The number of nitrogens with zero attached hydrogens (tertiary/aromatic N) is 5. The van der Waals surface area contributed by atoms with Crippen LogP contribution in [0, 0.1) is 0 Å². The number of benzene rings is 5. The van der Waals surface area contributed by atoms with Gasteiger partial charge in [-0.15, -0.1) is 0 Å². The van der Waals surface area contributed by atoms with E-state index in [9.17, 15) is 4.79 Å². The maximum Gasteiger partial charge on any atom is 0.275 e. The van der Waals surface area contributed by atoms with Crippen LogP contribution < -0.4 is 5.73 Å². The summed E-state index contributed by atoms with van der Waals surface area (Å²) in [6, 6.07) is 49.0. The summed E-state index contributed by atoms with van der Waals surface area (Å²) in [6.07, 6.45) is 0.497. The molecule has 7 nitrogen and oxygen atoms in total. The second-order valence-corrected chi connectivity index (χ2v) is 11.5. The minimum atomic E-state index is -0.438. The Morgan fingerprint density at radius 1 is 0.660 bits per heavy atom. The van der Waals surface area contributed by atoms with E-state index in [1.165, 1.54) is 0 Å². The molecule has 1 aliphatic heterocycles. The minimum Gasteiger partial charge on any atom is -0.399 e. The van der Waals surface area contributed by atoms with Crippen molar-refractivity contribution in [3.05, 3.63) is 168 Å². The third-order valence-corrected chi connectivity index (χ3v) is 8.53. The number of para-hydroxylation sites is 2. The second-order valence-electron chi connectivity index (χ2n) is 11.5. The number of amides is 1. The lowest BCUT2D eigenvalue weighted by Crippen LogP contribution is -2.29. The number of aromatic nitrogens is 3. The molecule has 1 aliphatic rings. The van der Waals surface area contributed by atoms with Crippen LogP contribution in [0.5, 0.6) is 0 Å². The molecule has 1 atom stereocenters. The maximum absolute atomic E-state index is 14.9. The van der Waals surface area contributed by atoms with Gasteiger partial charge in [-0.3, -0.25) is 4.79 Å². The highest BCUT2D eigenvalue weighted by atomic mass is 16.2. The SMILES string of the molecule is Nc1ccc(C2=NN(C(=O)c3cc(-c4ccccc4)nc4ccccc34)C(c3cc(-c4ccccc4)nn3-c3ccccc3)C2)cc1. The van der Waals surface area contributed by atoms with E-state index in [4.69, 9.17) is 20.9 Å². The zero-order valence-corrected chi connectivity index (χ0v) is 25.4. The molecule has 2 N–H and O–H groups in total. The van der Waals surface area contributed by atoms with Gasteiger partial charge in [-0.05, 0) is 48.0 Å². The molecule has 0 aliphatic carbocycles. The Morgan fingerprint density at radius 3 is 1.98 bits per heavy atom. The van der Waals surface area contributed by atoms with Crippen molar-refractivity contribution in [1.82, 2.24) is 19.8 Å². The van der Waals surface area contributed by atoms with Crippen molar-refractivity contribution < 1.29 is 4.79 Å². The highest BCUT2D eigenvalue weighted by Crippen LogP contribution is 2.38. The Bertz CT molecular complexity index is 2240. The van der Waals surface area contributed by atoms with Crippen molar-refractivity contribution >= 4 is 28.2 Å². The van der Waals surface area contributed by atoms with E-state index in [1.807, 2.05) is 150 Å². The molecule has 8 rings (SSSR count). The van der Waals surface area contributed by atoms with E-state index in [1.54, 1.807) is 5.01 Å². The van der Waals surface area contributed by atoms with Gasteiger partial charge < -0.3 is 5.73 Å². The van der Waals surface area contributed by atoms with Crippen LogP contribution in [0.1, 0.15) is 34.1 Å². The maximum atomic E-state index is 14.9. The molecule has 0 bridgehead atoms. The summed E-state index contributed by atoms with van der Waals surface area (Å²) in [6.45, 7) is 0. The molecule has 0 radical (unpaired) electrons. The lowest BCUT2D eigenvalue weighted by atomic mass is 9.99. The molecule has 0 fully saturated rings. The third-order valence-electron chi connectivity index (χ3n) is 8.53. The van der Waals surface area contributed by atoms with E-state index in [2.05, 4.69) is 6.07 Å². The standard InChI is InChI=1S/C40H30N6O/c41-30-22-20-29(21-23-30)37-26-39(38-25-36(28-14-6-2-7-15-28)43-45(38)31-16-8-3-9-17-31)46(44-37)40(47)33-24-35(27-12-4-1-5-13-27)42-34-19-11-10-18-32(33)34/h1-25,39H,26,41H2. The fourth-order valence-corrected chi connectivity index (χ4v) is 6.17. The number of carbonyl (C=O) groups is 1. The fraction of sp³-hybridized carbons (Fsp3) is 0.0500. The lowest BCUT2D eigenvalue weighted by Gasteiger charge is -2.23. The molecular formula is C40H30N6O. The molecular weight excluding hydrogens is 580 g/mol. The predicted molar refractivity (Wildman–Crippen MR) is 187 cm³/mol. The zero-order chi connectivity index (χ0) is 31.7. The molecule has 0 saturated carbocycles. The summed E-state index contributed by atoms with van der Waals surface area (Å²) in [4.78, 5) is 19.8. The third kappa shape index (κ3) is 5.34. The number of carbonyl (C=O) groups excluding carboxylic acids is 1. The minimum absolute atomic E-state index is 0.210. The van der Waals surface area contributed by atoms with E-state index in [-0.39, 0.29) is 5.91 Å². The van der Waals surface area contributed by atoms with Crippen molar-refractivity contribution in [1.29, 1.82) is 0 Å². The Labute approximate surface area is 272 Å². The fourth-order valence-electron chi connectivity index (χ4n) is 6.17. The van der Waals surface area contributed by atoms with Gasteiger partial charge in [-0.25, -0.2) is 14.7 Å². The van der Waals surface area contributed by atoms with Crippen molar-refractivity contribution in [2.45, 2.75) is 12.5 Å². The molecule has 0 spiro atoms. The van der Waals surface area contributed by atoms with E-state index in [0.29, 0.717) is 17.7 Å². The van der Waals surface area contributed by atoms with Crippen LogP contribution >= 0.6 is 0 Å². The average molecular weight is 611 g/mol. The zero-order valence-electron chi connectivity index (χ0n) is 25.4. The van der Waals surface area contributed by atoms with Gasteiger partial charge in [-0.2, -0.15) is 10.2 Å². The number of fused-ring (bicyclic) bond motifs is 1. The number of anilines is 1. The summed E-state index contributed by atoms with van der Waals surface area (Å²) in [5, 5.41) is 12.5. The highest BCUT2D eigenvalue weighted by Gasteiger charge is 2.37. The van der Waals surface area contributed by atoms with Gasteiger partial charge in [0.1, 0.15) is 6.04 Å². The first kappa shape index (κ1) is 28.2. The van der Waals surface area contributed by atoms with Crippen LogP contribution in [0.4, 0.5) is 5.69 Å². The average Bonchev–Trinajstić information content (AvgIpc) is 3.78. The van der Waals surface area contributed by atoms with Crippen LogP contribution in [-0.2, 0) is 0 Å². The smallest absolute Gasteiger partial charge is 0.275 e. The molecule has 7 heteroatoms. The molecule has 3 heterocycles. The Kier molecular flexibility index (Phi) is 7.11. The number of hydrogen-bond acceptors (Lipinski definition) is 5. The van der Waals surface area contributed by atoms with Gasteiger partial charge in [0.05, 0.1) is 39.6 Å². The van der Waals surface area contributed by atoms with Gasteiger partial charge in [0.15, 0.2) is 0 Å². The summed E-state index contributed by atoms with van der Waals surface area (Å²) in [7, 11) is 0. The number of nitrogens with two attached hydrogens (primary N) is 1. The number of hydrazone groups is 1. The Morgan fingerprint density at radius 2 is 1.28 bits per heavy atom. The first-order valence-electron chi connectivity index (χ1n) is 15.6. The van der Waals surface area contributed by atoms with Crippen LogP contribution in [0.25, 0.3) is 39.1 Å². The van der Waals surface area contributed by atoms with Crippen LogP contribution in [-0.4, -0.2) is 31.4 Å². The molecule has 226 valence electrons. The topological polar surface area (TPSA) is 89.4 Å². The van der Waals surface area contributed by atoms with Crippen molar-refractivity contribution in [2.24, 2.45) is 5.10 Å². The molecule has 5 aromatic carbocycles. The van der Waals surface area contributed by atoms with E-state index >= 15 is 0 Å². The van der Waals surface area contributed by atoms with Gasteiger partial charge in [0.2, 0.25) is 0 Å². The van der Waals surface area contributed by atoms with Gasteiger partial charge in [0.25, 0.3) is 5.91 Å². The van der Waals surface area contributed by atoms with Gasteiger partial charge in [-0.1, -0.05) is 109 Å². The first-order valence-corrected chi connectivity index (χ1v) is 15.6. The Hall–Kier alpha value is -6.34. The number of rotatable bonds is 6. The molecule has 2 aromatic heterocycles. The van der Waals surface area contributed by atoms with Crippen molar-refractivity contribution in [3.63, 3.8) is 0 Å². The largest absolute Gasteiger partial charge is 0.399 e. The molecule has 7 aromatic rings. The summed E-state index contributed by atoms with van der Waals surface area (Å²) in [5.41, 5.74) is 14.9. The number of nitrogen functional groups attached to an aromatic ring is 1. The molecule has 47 heavy (non-hydrogen) atoms. The van der Waals surface area contributed by atoms with Gasteiger partial charge >= 0.3 is 0 Å². The van der Waals surface area contributed by atoms with Crippen molar-refractivity contribution in [2.75, 3.05) is 5.73 Å². The Balaban J connectivity index is 1.31. The highest BCUT2D eigenvalue weighted by molar-refractivity contribution is 6.10. The van der Waals surface area contributed by atoms with Gasteiger partial charge in [0, 0.05) is 28.6 Å². The van der Waals surface area contributed by atoms with E-state index < -0.39 is 6.04 Å². The molecule has 1 unspecified atom stereocenters. The lowest BCUT2D eigenvalue weighted by molar-refractivity contribution is 0.0708. The van der Waals surface area contributed by atoms with E-state index in [0.717, 1.165) is 56.1 Å². The summed E-state index contributed by atoms with van der Waals surface area (Å²) in [5.74, 6) is -0.210. The molecule has 1 amide bonds. The molecule has 0 saturated heterocycles. The number of hydrogen-bond donors (Lipinski definition) is 1. The monoisotopic (exact) mass is 610 g/mol. The van der Waals surface area contributed by atoms with Crippen molar-refractivity contribution in [3.8, 4) is 28.2 Å². The quantitative estimate of drug-likeness (QED) is 0.192. The normalized spacial score (nSPS) is 14.3. The second kappa shape index (κ2) is 11.9. The van der Waals surface area contributed by atoms with Crippen LogP contribution in [0.15, 0.2) is 157 Å². The number of pyridine rings is 1. The summed E-state index contributed by atoms with van der Waals surface area (Å²) < 4.78 is 1.94. The van der Waals surface area contributed by atoms with Crippen LogP contribution in [0.3, 0.4) is 0 Å². The van der Waals surface area contributed by atoms with Crippen LogP contribution in [0.2, 0.25) is 0 Å². The first-order chi connectivity index (χ1) is 23.1. The summed E-state index contributed by atoms with van der Waals surface area (Å²) >= 11 is 0.